The first-order valence-corrected chi connectivity index (χ1v) is 8.96. The summed E-state index contributed by atoms with van der Waals surface area (Å²) in [4.78, 5) is 22.9. The number of rotatable bonds is 6. The number of carbonyl (C=O) groups excluding carboxylic acids is 2. The van der Waals surface area contributed by atoms with E-state index in [1.54, 1.807) is 18.2 Å². The Labute approximate surface area is 150 Å². The Hall–Kier alpha value is -3.22. The lowest BCUT2D eigenvalue weighted by molar-refractivity contribution is -0.115. The van der Waals surface area contributed by atoms with E-state index in [2.05, 4.69) is 15.4 Å². The fraction of sp³-hybridized carbons (Fsp3) is 0.118. The molecule has 134 valence electrons. The number of nitriles is 1. The van der Waals surface area contributed by atoms with Crippen molar-refractivity contribution in [2.75, 3.05) is 17.2 Å². The second-order valence-corrected chi connectivity index (χ2v) is 7.00. The van der Waals surface area contributed by atoms with Crippen LogP contribution in [0.5, 0.6) is 0 Å². The van der Waals surface area contributed by atoms with Gasteiger partial charge >= 0.3 is 0 Å². The summed E-state index contributed by atoms with van der Waals surface area (Å²) in [5, 5.41) is 14.0. The predicted molar refractivity (Wildman–Crippen MR) is 95.7 cm³/mol. The molecule has 0 bridgehead atoms. The Morgan fingerprint density at radius 2 is 1.69 bits per heavy atom. The Morgan fingerprint density at radius 1 is 1.04 bits per heavy atom. The first-order chi connectivity index (χ1) is 12.3. The normalized spacial score (nSPS) is 10.6. The van der Waals surface area contributed by atoms with Crippen molar-refractivity contribution >= 4 is 33.2 Å². The molecule has 2 aromatic rings. The van der Waals surface area contributed by atoms with Gasteiger partial charge in [0.25, 0.3) is 0 Å². The van der Waals surface area contributed by atoms with Gasteiger partial charge in [-0.2, -0.15) is 5.26 Å². The van der Waals surface area contributed by atoms with Crippen LogP contribution in [-0.2, 0) is 19.6 Å². The summed E-state index contributed by atoms with van der Waals surface area (Å²) in [5.74, 6) is -0.876. The molecule has 0 aliphatic heterocycles. The van der Waals surface area contributed by atoms with Gasteiger partial charge in [-0.15, -0.1) is 0 Å². The van der Waals surface area contributed by atoms with Gasteiger partial charge in [0.05, 0.1) is 22.7 Å². The SMILES string of the molecule is CC(=O)Nc1ccc(S(=O)(=O)NCC(=O)Nc2ccccc2C#N)cc1. The number of hydrogen-bond donors (Lipinski definition) is 3. The molecule has 0 heterocycles. The average molecular weight is 372 g/mol. The van der Waals surface area contributed by atoms with Crippen LogP contribution in [0.2, 0.25) is 0 Å². The largest absolute Gasteiger partial charge is 0.326 e. The topological polar surface area (TPSA) is 128 Å². The zero-order valence-electron chi connectivity index (χ0n) is 13.8. The molecule has 0 fully saturated rings. The van der Waals surface area contributed by atoms with E-state index in [0.717, 1.165) is 0 Å². The van der Waals surface area contributed by atoms with Gasteiger partial charge in [-0.1, -0.05) is 12.1 Å². The highest BCUT2D eigenvalue weighted by Crippen LogP contribution is 2.15. The minimum Gasteiger partial charge on any atom is -0.326 e. The zero-order valence-corrected chi connectivity index (χ0v) is 14.6. The van der Waals surface area contributed by atoms with Crippen LogP contribution in [0, 0.1) is 11.3 Å². The number of para-hydroxylation sites is 1. The molecule has 0 spiro atoms. The predicted octanol–water partition coefficient (Wildman–Crippen LogP) is 1.43. The van der Waals surface area contributed by atoms with Crippen molar-refractivity contribution in [3.8, 4) is 6.07 Å². The van der Waals surface area contributed by atoms with E-state index in [1.165, 1.54) is 37.3 Å². The van der Waals surface area contributed by atoms with Crippen molar-refractivity contribution in [1.82, 2.24) is 4.72 Å². The lowest BCUT2D eigenvalue weighted by Crippen LogP contribution is -2.33. The third kappa shape index (κ3) is 5.14. The highest BCUT2D eigenvalue weighted by molar-refractivity contribution is 7.89. The summed E-state index contributed by atoms with van der Waals surface area (Å²) in [6.07, 6.45) is 0. The number of hydrogen-bond acceptors (Lipinski definition) is 5. The first-order valence-electron chi connectivity index (χ1n) is 7.48. The molecule has 0 saturated heterocycles. The quantitative estimate of drug-likeness (QED) is 0.707. The van der Waals surface area contributed by atoms with Crippen LogP contribution >= 0.6 is 0 Å². The van der Waals surface area contributed by atoms with Gasteiger partial charge < -0.3 is 10.6 Å². The van der Waals surface area contributed by atoms with Crippen LogP contribution in [0.25, 0.3) is 0 Å². The van der Waals surface area contributed by atoms with Crippen molar-refractivity contribution in [1.29, 1.82) is 5.26 Å². The van der Waals surface area contributed by atoms with Gasteiger partial charge in [0, 0.05) is 12.6 Å². The molecular formula is C17H16N4O4S. The lowest BCUT2D eigenvalue weighted by Gasteiger charge is -2.09. The molecule has 2 amide bonds. The first kappa shape index (κ1) is 19.1. The summed E-state index contributed by atoms with van der Waals surface area (Å²) >= 11 is 0. The van der Waals surface area contributed by atoms with Crippen LogP contribution < -0.4 is 15.4 Å². The van der Waals surface area contributed by atoms with Crippen molar-refractivity contribution in [3.63, 3.8) is 0 Å². The van der Waals surface area contributed by atoms with Crippen LogP contribution in [0.1, 0.15) is 12.5 Å². The number of nitrogens with one attached hydrogen (secondary N) is 3. The molecule has 9 heteroatoms. The maximum atomic E-state index is 12.2. The van der Waals surface area contributed by atoms with E-state index in [4.69, 9.17) is 5.26 Å². The van der Waals surface area contributed by atoms with Gasteiger partial charge in [-0.05, 0) is 36.4 Å². The minimum absolute atomic E-state index is 0.0446. The van der Waals surface area contributed by atoms with E-state index in [9.17, 15) is 18.0 Å². The van der Waals surface area contributed by atoms with E-state index in [1.807, 2.05) is 6.07 Å². The van der Waals surface area contributed by atoms with Crippen LogP contribution in [-0.4, -0.2) is 26.8 Å². The van der Waals surface area contributed by atoms with Gasteiger partial charge in [0.2, 0.25) is 21.8 Å². The summed E-state index contributed by atoms with van der Waals surface area (Å²) in [5.41, 5.74) is 1.04. The fourth-order valence-corrected chi connectivity index (χ4v) is 3.03. The second-order valence-electron chi connectivity index (χ2n) is 5.24. The van der Waals surface area contributed by atoms with E-state index in [0.29, 0.717) is 11.4 Å². The summed E-state index contributed by atoms with van der Waals surface area (Å²) in [7, 11) is -3.90. The molecule has 2 rings (SSSR count). The minimum atomic E-state index is -3.90. The molecule has 0 aliphatic rings. The van der Waals surface area contributed by atoms with E-state index >= 15 is 0 Å². The molecule has 3 N–H and O–H groups in total. The fourth-order valence-electron chi connectivity index (χ4n) is 2.05. The highest BCUT2D eigenvalue weighted by Gasteiger charge is 2.16. The number of amides is 2. The monoisotopic (exact) mass is 372 g/mol. The van der Waals surface area contributed by atoms with Crippen molar-refractivity contribution < 1.29 is 18.0 Å². The average Bonchev–Trinajstić information content (AvgIpc) is 2.60. The molecule has 0 radical (unpaired) electrons. The summed E-state index contributed by atoms with van der Waals surface area (Å²) in [6, 6.07) is 13.8. The number of carbonyl (C=O) groups is 2. The van der Waals surface area contributed by atoms with Gasteiger partial charge in [0.1, 0.15) is 6.07 Å². The van der Waals surface area contributed by atoms with E-state index < -0.39 is 22.5 Å². The molecule has 0 saturated carbocycles. The standard InChI is InChI=1S/C17H16N4O4S/c1-12(22)20-14-6-8-15(9-7-14)26(24,25)19-11-17(23)21-16-5-3-2-4-13(16)10-18/h2-9,19H,11H2,1H3,(H,20,22)(H,21,23). The number of benzene rings is 2. The molecule has 0 unspecified atom stereocenters. The Morgan fingerprint density at radius 3 is 2.31 bits per heavy atom. The Kier molecular flexibility index (Phi) is 6.06. The van der Waals surface area contributed by atoms with E-state index in [-0.39, 0.29) is 16.4 Å². The van der Waals surface area contributed by atoms with Crippen molar-refractivity contribution in [3.05, 3.63) is 54.1 Å². The zero-order chi connectivity index (χ0) is 19.2. The van der Waals surface area contributed by atoms with Crippen molar-refractivity contribution in [2.24, 2.45) is 0 Å². The van der Waals surface area contributed by atoms with Gasteiger partial charge in [-0.25, -0.2) is 13.1 Å². The summed E-state index contributed by atoms with van der Waals surface area (Å²) in [6.45, 7) is 0.852. The molecule has 2 aromatic carbocycles. The lowest BCUT2D eigenvalue weighted by atomic mass is 10.2. The molecular weight excluding hydrogens is 356 g/mol. The molecule has 26 heavy (non-hydrogen) atoms. The second kappa shape index (κ2) is 8.24. The smallest absolute Gasteiger partial charge is 0.241 e. The van der Waals surface area contributed by atoms with Gasteiger partial charge in [-0.3, -0.25) is 9.59 Å². The van der Waals surface area contributed by atoms with Gasteiger partial charge in [0.15, 0.2) is 0 Å². The van der Waals surface area contributed by atoms with Crippen molar-refractivity contribution in [2.45, 2.75) is 11.8 Å². The van der Waals surface area contributed by atoms with Crippen LogP contribution in [0.15, 0.2) is 53.4 Å². The molecule has 0 aliphatic carbocycles. The maximum Gasteiger partial charge on any atom is 0.241 e. The third-order valence-corrected chi connectivity index (χ3v) is 4.65. The molecule has 8 nitrogen and oxygen atoms in total. The molecule has 0 atom stereocenters. The number of nitrogens with zero attached hydrogens (tertiary/aromatic N) is 1. The van der Waals surface area contributed by atoms with Crippen LogP contribution in [0.3, 0.4) is 0 Å². The number of anilines is 2. The van der Waals surface area contributed by atoms with Crippen LogP contribution in [0.4, 0.5) is 11.4 Å². The number of sulfonamides is 1. The Bertz CT molecular complexity index is 963. The summed E-state index contributed by atoms with van der Waals surface area (Å²) < 4.78 is 26.6. The third-order valence-electron chi connectivity index (χ3n) is 3.23. The maximum absolute atomic E-state index is 12.2. The highest BCUT2D eigenvalue weighted by atomic mass is 32.2. The Balaban J connectivity index is 2.00. The molecule has 0 aromatic heterocycles.